The molecule has 1 aromatic carbocycles. The predicted molar refractivity (Wildman–Crippen MR) is 65.3 cm³/mol. The lowest BCUT2D eigenvalue weighted by molar-refractivity contribution is -0.122. The molecule has 0 aliphatic carbocycles. The van der Waals surface area contributed by atoms with Crippen LogP contribution >= 0.6 is 0 Å². The molecule has 17 heavy (non-hydrogen) atoms. The maximum absolute atomic E-state index is 11.6. The zero-order valence-electron chi connectivity index (χ0n) is 9.97. The fourth-order valence-electron chi connectivity index (χ4n) is 1.53. The fraction of sp³-hybridized carbons (Fsp3) is 0.462. The van der Waals surface area contributed by atoms with E-state index in [0.717, 1.165) is 5.56 Å². The molecule has 0 aliphatic rings. The second kappa shape index (κ2) is 7.04. The highest BCUT2D eigenvalue weighted by molar-refractivity contribution is 5.76. The van der Waals surface area contributed by atoms with E-state index in [1.165, 1.54) is 0 Å². The molecule has 0 spiro atoms. The molecule has 94 valence electrons. The van der Waals surface area contributed by atoms with E-state index in [9.17, 15) is 9.90 Å². The Morgan fingerprint density at radius 1 is 1.35 bits per heavy atom. The Morgan fingerprint density at radius 3 is 2.53 bits per heavy atom. The molecule has 1 rings (SSSR count). The van der Waals surface area contributed by atoms with Crippen LogP contribution in [0.3, 0.4) is 0 Å². The summed E-state index contributed by atoms with van der Waals surface area (Å²) in [6.45, 7) is 1.51. The third kappa shape index (κ3) is 4.97. The third-order valence-corrected chi connectivity index (χ3v) is 2.51. The number of amides is 1. The lowest BCUT2D eigenvalue weighted by atomic mass is 10.1. The summed E-state index contributed by atoms with van der Waals surface area (Å²) in [5.41, 5.74) is 0.875. The van der Waals surface area contributed by atoms with Crippen molar-refractivity contribution >= 4 is 5.91 Å². The van der Waals surface area contributed by atoms with Crippen LogP contribution in [0.1, 0.15) is 31.4 Å². The SMILES string of the molecule is CC(O)CCC(=O)N[C@H](CO)c1ccccc1. The summed E-state index contributed by atoms with van der Waals surface area (Å²) < 4.78 is 0. The molecule has 0 saturated carbocycles. The van der Waals surface area contributed by atoms with Gasteiger partial charge in [-0.05, 0) is 18.9 Å². The quantitative estimate of drug-likeness (QED) is 0.691. The highest BCUT2D eigenvalue weighted by atomic mass is 16.3. The molecule has 0 aliphatic heterocycles. The van der Waals surface area contributed by atoms with Gasteiger partial charge in [0.25, 0.3) is 0 Å². The van der Waals surface area contributed by atoms with Crippen LogP contribution in [-0.4, -0.2) is 28.8 Å². The van der Waals surface area contributed by atoms with E-state index < -0.39 is 6.10 Å². The summed E-state index contributed by atoms with van der Waals surface area (Å²) in [5, 5.41) is 21.1. The van der Waals surface area contributed by atoms with Crippen LogP contribution in [0.5, 0.6) is 0 Å². The summed E-state index contributed by atoms with van der Waals surface area (Å²) in [4.78, 5) is 11.6. The second-order valence-corrected chi connectivity index (χ2v) is 4.10. The van der Waals surface area contributed by atoms with Crippen LogP contribution in [-0.2, 0) is 4.79 Å². The molecule has 4 heteroatoms. The molecule has 1 aromatic rings. The van der Waals surface area contributed by atoms with Crippen LogP contribution < -0.4 is 5.32 Å². The van der Waals surface area contributed by atoms with E-state index in [2.05, 4.69) is 5.32 Å². The summed E-state index contributed by atoms with van der Waals surface area (Å²) in [6.07, 6.45) is 0.213. The Bertz CT molecular complexity index is 338. The van der Waals surface area contributed by atoms with Gasteiger partial charge in [0.15, 0.2) is 0 Å². The van der Waals surface area contributed by atoms with Gasteiger partial charge in [-0.1, -0.05) is 30.3 Å². The standard InChI is InChI=1S/C13H19NO3/c1-10(16)7-8-13(17)14-12(9-15)11-5-3-2-4-6-11/h2-6,10,12,15-16H,7-9H2,1H3,(H,14,17)/t10?,12-/m1/s1. The first-order chi connectivity index (χ1) is 8.13. The van der Waals surface area contributed by atoms with Crippen molar-refractivity contribution in [3.8, 4) is 0 Å². The first-order valence-corrected chi connectivity index (χ1v) is 5.76. The highest BCUT2D eigenvalue weighted by Crippen LogP contribution is 2.12. The van der Waals surface area contributed by atoms with Gasteiger partial charge in [0.2, 0.25) is 5.91 Å². The van der Waals surface area contributed by atoms with Crippen LogP contribution in [0, 0.1) is 0 Å². The number of rotatable bonds is 6. The molecule has 0 aromatic heterocycles. The minimum Gasteiger partial charge on any atom is -0.394 e. The number of aliphatic hydroxyl groups is 2. The molecule has 4 nitrogen and oxygen atoms in total. The van der Waals surface area contributed by atoms with Crippen LogP contribution in [0.2, 0.25) is 0 Å². The fourth-order valence-corrected chi connectivity index (χ4v) is 1.53. The molecular formula is C13H19NO3. The lowest BCUT2D eigenvalue weighted by Crippen LogP contribution is -2.31. The number of carbonyl (C=O) groups is 1. The van der Waals surface area contributed by atoms with Crippen molar-refractivity contribution in [2.75, 3.05) is 6.61 Å². The van der Waals surface area contributed by atoms with Crippen LogP contribution in [0.4, 0.5) is 0 Å². The number of nitrogens with one attached hydrogen (secondary N) is 1. The molecule has 0 radical (unpaired) electrons. The largest absolute Gasteiger partial charge is 0.394 e. The average Bonchev–Trinajstić information content (AvgIpc) is 2.34. The maximum Gasteiger partial charge on any atom is 0.220 e. The van der Waals surface area contributed by atoms with E-state index in [1.54, 1.807) is 6.92 Å². The van der Waals surface area contributed by atoms with Crippen LogP contribution in [0.15, 0.2) is 30.3 Å². The summed E-state index contributed by atoms with van der Waals surface area (Å²) >= 11 is 0. The zero-order chi connectivity index (χ0) is 12.7. The number of aliphatic hydroxyl groups excluding tert-OH is 2. The molecule has 2 atom stereocenters. The lowest BCUT2D eigenvalue weighted by Gasteiger charge is -2.16. The van der Waals surface area contributed by atoms with Gasteiger partial charge in [0.1, 0.15) is 0 Å². The molecule has 0 heterocycles. The Balaban J connectivity index is 2.50. The monoisotopic (exact) mass is 237 g/mol. The van der Waals surface area contributed by atoms with Crippen molar-refractivity contribution in [2.45, 2.75) is 31.9 Å². The van der Waals surface area contributed by atoms with Gasteiger partial charge in [0.05, 0.1) is 18.8 Å². The van der Waals surface area contributed by atoms with E-state index in [4.69, 9.17) is 5.11 Å². The van der Waals surface area contributed by atoms with Gasteiger partial charge in [-0.25, -0.2) is 0 Å². The zero-order valence-corrected chi connectivity index (χ0v) is 9.97. The molecule has 0 saturated heterocycles. The van der Waals surface area contributed by atoms with E-state index in [-0.39, 0.29) is 25.0 Å². The summed E-state index contributed by atoms with van der Waals surface area (Å²) in [5.74, 6) is -0.159. The van der Waals surface area contributed by atoms with Crippen molar-refractivity contribution in [3.63, 3.8) is 0 Å². The number of hydrogen-bond donors (Lipinski definition) is 3. The number of carbonyl (C=O) groups excluding carboxylic acids is 1. The van der Waals surface area contributed by atoms with Gasteiger partial charge in [-0.2, -0.15) is 0 Å². The van der Waals surface area contributed by atoms with Crippen LogP contribution in [0.25, 0.3) is 0 Å². The van der Waals surface area contributed by atoms with Crippen molar-refractivity contribution in [1.29, 1.82) is 0 Å². The van der Waals surface area contributed by atoms with Crippen molar-refractivity contribution in [2.24, 2.45) is 0 Å². The molecule has 1 unspecified atom stereocenters. The minimum atomic E-state index is -0.481. The Labute approximate surface area is 101 Å². The second-order valence-electron chi connectivity index (χ2n) is 4.10. The normalized spacial score (nSPS) is 14.1. The number of hydrogen-bond acceptors (Lipinski definition) is 3. The molecular weight excluding hydrogens is 218 g/mol. The van der Waals surface area contributed by atoms with Crippen molar-refractivity contribution in [3.05, 3.63) is 35.9 Å². The molecule has 1 amide bonds. The smallest absolute Gasteiger partial charge is 0.220 e. The van der Waals surface area contributed by atoms with Gasteiger partial charge >= 0.3 is 0 Å². The number of benzene rings is 1. The summed E-state index contributed by atoms with van der Waals surface area (Å²) in [7, 11) is 0. The first kappa shape index (κ1) is 13.7. The highest BCUT2D eigenvalue weighted by Gasteiger charge is 2.13. The molecule has 0 fully saturated rings. The first-order valence-electron chi connectivity index (χ1n) is 5.76. The van der Waals surface area contributed by atoms with Gasteiger partial charge < -0.3 is 15.5 Å². The Kier molecular flexibility index (Phi) is 5.66. The van der Waals surface area contributed by atoms with Crippen molar-refractivity contribution < 1.29 is 15.0 Å². The van der Waals surface area contributed by atoms with Gasteiger partial charge in [-0.3, -0.25) is 4.79 Å². The van der Waals surface area contributed by atoms with E-state index in [1.807, 2.05) is 30.3 Å². The Hall–Kier alpha value is -1.39. The van der Waals surface area contributed by atoms with Gasteiger partial charge in [-0.15, -0.1) is 0 Å². The topological polar surface area (TPSA) is 69.6 Å². The summed E-state index contributed by atoms with van der Waals surface area (Å²) in [6, 6.07) is 8.94. The minimum absolute atomic E-state index is 0.134. The average molecular weight is 237 g/mol. The van der Waals surface area contributed by atoms with Gasteiger partial charge in [0, 0.05) is 6.42 Å². The molecule has 3 N–H and O–H groups in total. The van der Waals surface area contributed by atoms with E-state index in [0.29, 0.717) is 6.42 Å². The van der Waals surface area contributed by atoms with Crippen molar-refractivity contribution in [1.82, 2.24) is 5.32 Å². The predicted octanol–water partition coefficient (Wildman–Crippen LogP) is 0.997. The maximum atomic E-state index is 11.6. The van der Waals surface area contributed by atoms with E-state index >= 15 is 0 Å². The molecule has 0 bridgehead atoms. The Morgan fingerprint density at radius 2 is 2.00 bits per heavy atom. The third-order valence-electron chi connectivity index (χ3n) is 2.51.